The maximum absolute atomic E-state index is 2.26. The largest absolute Gasteiger partial charge is 0.0622 e. The second kappa shape index (κ2) is 19.0. The minimum Gasteiger partial charge on any atom is -0.0622 e. The number of rotatable bonds is 6. The molecule has 0 saturated heterocycles. The first kappa shape index (κ1) is 38.3. The summed E-state index contributed by atoms with van der Waals surface area (Å²) >= 11 is 0. The second-order valence-electron chi connectivity index (χ2n) is 14.2. The van der Waals surface area contributed by atoms with Gasteiger partial charge in [-0.1, -0.05) is 231 Å². The Kier molecular flexibility index (Phi) is 12.8. The van der Waals surface area contributed by atoms with Crippen molar-refractivity contribution in [1.29, 1.82) is 0 Å². The third kappa shape index (κ3) is 9.81. The Labute approximate surface area is 339 Å². The fraction of sp³-hybridized carbons (Fsp3) is 0.0526. The van der Waals surface area contributed by atoms with Crippen LogP contribution >= 0.6 is 0 Å². The number of hydrogen-bond acceptors (Lipinski definition) is 0. The third-order valence-corrected chi connectivity index (χ3v) is 10.3. The normalized spacial score (nSPS) is 10.4. The molecule has 276 valence electrons. The maximum atomic E-state index is 2.26. The molecule has 0 N–H and O–H groups in total. The van der Waals surface area contributed by atoms with Crippen LogP contribution in [0.4, 0.5) is 0 Å². The highest BCUT2D eigenvalue weighted by Crippen LogP contribution is 2.34. The average molecular weight is 733 g/mol. The molecule has 0 atom stereocenters. The maximum Gasteiger partial charge on any atom is -0.0103 e. The van der Waals surface area contributed by atoms with E-state index in [1.807, 2.05) is 6.07 Å². The molecule has 0 unspecified atom stereocenters. The first-order chi connectivity index (χ1) is 28.0. The standard InChI is InChI=1S/3C19H16/c1-15-9-5-6-12-17(15)19-14-8-7-13-18(19)16-10-3-2-4-11-16;1-15-8-5-6-13-19(15)18-12-7-11-17(14-18)16-9-3-2-4-10-16;1-15-7-5-6-10-19(15)18-13-11-17(12-14-18)16-8-3-2-4-9-16/h3*2-14H,1H3. The topological polar surface area (TPSA) is 0 Å². The van der Waals surface area contributed by atoms with Crippen LogP contribution in [0.3, 0.4) is 0 Å². The SMILES string of the molecule is Cc1ccccc1-c1ccc(-c2ccccc2)cc1.Cc1ccccc1-c1cccc(-c2ccccc2)c1.Cc1ccccc1-c1ccccc1-c1ccccc1. The van der Waals surface area contributed by atoms with Crippen LogP contribution in [0.15, 0.2) is 237 Å². The summed E-state index contributed by atoms with van der Waals surface area (Å²) in [6.07, 6.45) is 0. The van der Waals surface area contributed by atoms with Gasteiger partial charge in [-0.25, -0.2) is 0 Å². The van der Waals surface area contributed by atoms with E-state index in [0.29, 0.717) is 0 Å². The van der Waals surface area contributed by atoms with Gasteiger partial charge in [-0.15, -0.1) is 0 Å². The van der Waals surface area contributed by atoms with Crippen molar-refractivity contribution in [3.8, 4) is 66.8 Å². The van der Waals surface area contributed by atoms with E-state index in [0.717, 1.165) is 0 Å². The van der Waals surface area contributed by atoms with Crippen molar-refractivity contribution >= 4 is 0 Å². The Bertz CT molecular complexity index is 2620. The summed E-state index contributed by atoms with van der Waals surface area (Å²) in [5, 5.41) is 0. The molecule has 0 aromatic heterocycles. The zero-order valence-electron chi connectivity index (χ0n) is 33.0. The molecule has 9 aromatic rings. The number of benzene rings is 9. The van der Waals surface area contributed by atoms with Crippen LogP contribution in [-0.2, 0) is 0 Å². The van der Waals surface area contributed by atoms with Crippen molar-refractivity contribution in [1.82, 2.24) is 0 Å². The first-order valence-corrected chi connectivity index (χ1v) is 19.7. The molecular formula is C57H48. The predicted molar refractivity (Wildman–Crippen MR) is 246 cm³/mol. The summed E-state index contributed by atoms with van der Waals surface area (Å²) < 4.78 is 0. The Morgan fingerprint density at radius 1 is 0.175 bits per heavy atom. The molecule has 57 heavy (non-hydrogen) atoms. The lowest BCUT2D eigenvalue weighted by molar-refractivity contribution is 1.46. The van der Waals surface area contributed by atoms with Gasteiger partial charge < -0.3 is 0 Å². The van der Waals surface area contributed by atoms with E-state index in [1.54, 1.807) is 0 Å². The molecule has 0 bridgehead atoms. The van der Waals surface area contributed by atoms with Crippen molar-refractivity contribution in [3.63, 3.8) is 0 Å². The summed E-state index contributed by atoms with van der Waals surface area (Å²) in [6, 6.07) is 83.2. The van der Waals surface area contributed by atoms with Gasteiger partial charge in [0.15, 0.2) is 0 Å². The van der Waals surface area contributed by atoms with E-state index < -0.39 is 0 Å². The third-order valence-electron chi connectivity index (χ3n) is 10.3. The highest BCUT2D eigenvalue weighted by atomic mass is 14.1. The van der Waals surface area contributed by atoms with Gasteiger partial charge in [0.1, 0.15) is 0 Å². The van der Waals surface area contributed by atoms with Crippen LogP contribution in [0, 0.1) is 20.8 Å². The van der Waals surface area contributed by atoms with Gasteiger partial charge in [-0.2, -0.15) is 0 Å². The summed E-state index contributed by atoms with van der Waals surface area (Å²) in [6.45, 7) is 6.47. The van der Waals surface area contributed by atoms with Crippen molar-refractivity contribution in [2.75, 3.05) is 0 Å². The van der Waals surface area contributed by atoms with E-state index in [1.165, 1.54) is 83.5 Å². The van der Waals surface area contributed by atoms with Crippen molar-refractivity contribution in [3.05, 3.63) is 253 Å². The van der Waals surface area contributed by atoms with Gasteiger partial charge in [0.05, 0.1) is 0 Å². The molecule has 0 spiro atoms. The van der Waals surface area contributed by atoms with Gasteiger partial charge >= 0.3 is 0 Å². The van der Waals surface area contributed by atoms with Gasteiger partial charge in [0.25, 0.3) is 0 Å². The molecule has 0 aliphatic heterocycles. The molecule has 0 fully saturated rings. The second-order valence-corrected chi connectivity index (χ2v) is 14.2. The van der Waals surface area contributed by atoms with Gasteiger partial charge in [-0.05, 0) is 110 Å². The van der Waals surface area contributed by atoms with Crippen LogP contribution in [0.2, 0.25) is 0 Å². The molecule has 0 heteroatoms. The van der Waals surface area contributed by atoms with Crippen molar-refractivity contribution in [2.24, 2.45) is 0 Å². The van der Waals surface area contributed by atoms with Crippen LogP contribution < -0.4 is 0 Å². The monoisotopic (exact) mass is 732 g/mol. The van der Waals surface area contributed by atoms with E-state index in [4.69, 9.17) is 0 Å². The Hall–Kier alpha value is -7.02. The zero-order chi connectivity index (χ0) is 39.2. The number of aryl methyl sites for hydroxylation is 3. The Morgan fingerprint density at radius 2 is 0.474 bits per heavy atom. The predicted octanol–water partition coefficient (Wildman–Crippen LogP) is 16.0. The highest BCUT2D eigenvalue weighted by Gasteiger charge is 2.08. The van der Waals surface area contributed by atoms with Crippen LogP contribution in [0.25, 0.3) is 66.8 Å². The van der Waals surface area contributed by atoms with Crippen LogP contribution in [0.1, 0.15) is 16.7 Å². The first-order valence-electron chi connectivity index (χ1n) is 19.7. The summed E-state index contributed by atoms with van der Waals surface area (Å²) in [4.78, 5) is 0. The minimum atomic E-state index is 1.26. The molecule has 0 radical (unpaired) electrons. The summed E-state index contributed by atoms with van der Waals surface area (Å²) in [5.41, 5.74) is 19.3. The lowest BCUT2D eigenvalue weighted by atomic mass is 9.92. The number of hydrogen-bond donors (Lipinski definition) is 0. The molecule has 0 nitrogen and oxygen atoms in total. The molecule has 9 aromatic carbocycles. The zero-order valence-corrected chi connectivity index (χ0v) is 33.0. The van der Waals surface area contributed by atoms with Gasteiger partial charge in [0.2, 0.25) is 0 Å². The van der Waals surface area contributed by atoms with Crippen LogP contribution in [0.5, 0.6) is 0 Å². The van der Waals surface area contributed by atoms with E-state index in [-0.39, 0.29) is 0 Å². The van der Waals surface area contributed by atoms with E-state index in [2.05, 4.69) is 251 Å². The minimum absolute atomic E-state index is 1.26. The fourth-order valence-corrected chi connectivity index (χ4v) is 7.23. The highest BCUT2D eigenvalue weighted by molar-refractivity contribution is 5.84. The lowest BCUT2D eigenvalue weighted by Crippen LogP contribution is -1.87. The lowest BCUT2D eigenvalue weighted by Gasteiger charge is -2.12. The molecule has 9 rings (SSSR count). The Balaban J connectivity index is 0.000000131. The van der Waals surface area contributed by atoms with E-state index >= 15 is 0 Å². The van der Waals surface area contributed by atoms with E-state index in [9.17, 15) is 0 Å². The molecule has 0 aliphatic rings. The molecule has 0 saturated carbocycles. The smallest absolute Gasteiger partial charge is 0.0103 e. The molecule has 0 heterocycles. The average Bonchev–Trinajstić information content (AvgIpc) is 3.28. The van der Waals surface area contributed by atoms with Gasteiger partial charge in [0, 0.05) is 0 Å². The van der Waals surface area contributed by atoms with Crippen LogP contribution in [-0.4, -0.2) is 0 Å². The molecule has 0 amide bonds. The Morgan fingerprint density at radius 3 is 0.982 bits per heavy atom. The molecular weight excluding hydrogens is 685 g/mol. The van der Waals surface area contributed by atoms with Crippen molar-refractivity contribution < 1.29 is 0 Å². The van der Waals surface area contributed by atoms with Crippen molar-refractivity contribution in [2.45, 2.75) is 20.8 Å². The van der Waals surface area contributed by atoms with Gasteiger partial charge in [-0.3, -0.25) is 0 Å². The summed E-state index contributed by atoms with van der Waals surface area (Å²) in [5.74, 6) is 0. The molecule has 0 aliphatic carbocycles. The quantitative estimate of drug-likeness (QED) is 0.160. The summed E-state index contributed by atoms with van der Waals surface area (Å²) in [7, 11) is 0. The fourth-order valence-electron chi connectivity index (χ4n) is 7.23.